The van der Waals surface area contributed by atoms with Crippen molar-refractivity contribution in [2.24, 2.45) is 16.6 Å². The second-order valence-corrected chi connectivity index (χ2v) is 10.8. The van der Waals surface area contributed by atoms with Crippen molar-refractivity contribution in [3.05, 3.63) is 59.6 Å². The highest BCUT2D eigenvalue weighted by Crippen LogP contribution is 2.68. The van der Waals surface area contributed by atoms with Gasteiger partial charge in [0.2, 0.25) is 11.8 Å². The van der Waals surface area contributed by atoms with Crippen LogP contribution in [0.5, 0.6) is 5.88 Å². The maximum absolute atomic E-state index is 15.1. The second-order valence-electron chi connectivity index (χ2n) is 9.40. The normalized spacial score (nSPS) is 24.0. The minimum Gasteiger partial charge on any atom is -0.466 e. The number of aryl methyl sites for hydroxylation is 1. The van der Waals surface area contributed by atoms with Crippen LogP contribution < -0.4 is 15.8 Å². The van der Waals surface area contributed by atoms with Crippen LogP contribution >= 0.6 is 11.8 Å². The first-order valence-electron chi connectivity index (χ1n) is 11.7. The summed E-state index contributed by atoms with van der Waals surface area (Å²) in [5.74, 6) is -2.00. The van der Waals surface area contributed by atoms with Crippen molar-refractivity contribution < 1.29 is 26.7 Å². The lowest BCUT2D eigenvalue weighted by Crippen LogP contribution is -2.39. The van der Waals surface area contributed by atoms with E-state index in [2.05, 4.69) is 35.5 Å². The van der Waals surface area contributed by atoms with Crippen LogP contribution in [0, 0.1) is 24.5 Å². The van der Waals surface area contributed by atoms with E-state index in [9.17, 15) is 13.2 Å². The molecule has 1 unspecified atom stereocenters. The summed E-state index contributed by atoms with van der Waals surface area (Å²) in [6.07, 6.45) is 0.200. The molecule has 1 fully saturated rings. The largest absolute Gasteiger partial charge is 0.466 e. The number of nitrogens with zero attached hydrogens (tertiary/aromatic N) is 6. The van der Waals surface area contributed by atoms with Crippen molar-refractivity contribution in [3.63, 3.8) is 0 Å². The van der Waals surface area contributed by atoms with E-state index in [1.807, 2.05) is 0 Å². The topological polar surface area (TPSA) is 137 Å². The molecule has 3 aromatic heterocycles. The number of alkyl halides is 2. The number of halogens is 4. The van der Waals surface area contributed by atoms with Crippen LogP contribution in [0.4, 0.5) is 29.1 Å². The SMILES string of the molecule is Cc1nnc(COc2cnc3c(Nc4cc(F)c(F)c([C@@]5(C)N=C(N)S[C@@]6(C(F)F)CC65)c4)nccc3n2)o1. The average Bonchev–Trinajstić information content (AvgIpc) is 3.51. The number of nitrogens with two attached hydrogens (primary N) is 1. The minimum absolute atomic E-state index is 0.00698. The lowest BCUT2D eigenvalue weighted by Gasteiger charge is -2.34. The highest BCUT2D eigenvalue weighted by Gasteiger charge is 2.71. The van der Waals surface area contributed by atoms with E-state index in [1.165, 1.54) is 25.4 Å². The van der Waals surface area contributed by atoms with E-state index in [0.717, 1.165) is 17.8 Å². The molecule has 3 N–H and O–H groups in total. The van der Waals surface area contributed by atoms with Gasteiger partial charge in [-0.25, -0.2) is 32.5 Å². The molecular weight excluding hydrogens is 540 g/mol. The van der Waals surface area contributed by atoms with Gasteiger partial charge in [0.05, 0.1) is 22.0 Å². The molecule has 4 aromatic rings. The number of hydrogen-bond donors (Lipinski definition) is 2. The summed E-state index contributed by atoms with van der Waals surface area (Å²) in [7, 11) is 0. The molecule has 1 saturated carbocycles. The lowest BCUT2D eigenvalue weighted by atomic mass is 9.85. The zero-order valence-corrected chi connectivity index (χ0v) is 21.3. The van der Waals surface area contributed by atoms with E-state index in [0.29, 0.717) is 16.9 Å². The average molecular weight is 561 g/mol. The Labute approximate surface area is 222 Å². The number of rotatable bonds is 7. The van der Waals surface area contributed by atoms with Gasteiger partial charge in [-0.05, 0) is 25.5 Å². The van der Waals surface area contributed by atoms with Crippen LogP contribution in [0.1, 0.15) is 30.7 Å². The molecule has 0 amide bonds. The molecule has 202 valence electrons. The molecule has 0 radical (unpaired) electrons. The van der Waals surface area contributed by atoms with Crippen LogP contribution in [0.25, 0.3) is 11.0 Å². The molecule has 15 heteroatoms. The Morgan fingerprint density at radius 1 is 1.26 bits per heavy atom. The Morgan fingerprint density at radius 2 is 2.08 bits per heavy atom. The fourth-order valence-corrected chi connectivity index (χ4v) is 6.23. The summed E-state index contributed by atoms with van der Waals surface area (Å²) in [4.78, 5) is 17.3. The monoisotopic (exact) mass is 560 g/mol. The third-order valence-corrected chi connectivity index (χ3v) is 8.13. The number of hydrogen-bond acceptors (Lipinski definition) is 11. The molecule has 1 aromatic carbocycles. The molecule has 0 bridgehead atoms. The molecule has 6 rings (SSSR count). The van der Waals surface area contributed by atoms with Crippen molar-refractivity contribution in [1.82, 2.24) is 25.1 Å². The van der Waals surface area contributed by atoms with Crippen LogP contribution in [-0.2, 0) is 12.1 Å². The molecular formula is C24H20F4N8O2S. The van der Waals surface area contributed by atoms with E-state index in [4.69, 9.17) is 14.9 Å². The summed E-state index contributed by atoms with van der Waals surface area (Å²) >= 11 is 0.789. The van der Waals surface area contributed by atoms with Gasteiger partial charge in [0.15, 0.2) is 29.2 Å². The van der Waals surface area contributed by atoms with E-state index in [1.54, 1.807) is 13.0 Å². The maximum atomic E-state index is 15.1. The molecule has 2 aliphatic rings. The zero-order chi connectivity index (χ0) is 27.5. The molecule has 4 heterocycles. The van der Waals surface area contributed by atoms with Gasteiger partial charge in [-0.1, -0.05) is 11.8 Å². The van der Waals surface area contributed by atoms with Crippen LogP contribution in [0.15, 0.2) is 40.0 Å². The number of thioether (sulfide) groups is 1. The number of benzene rings is 1. The Kier molecular flexibility index (Phi) is 5.86. The van der Waals surface area contributed by atoms with Crippen molar-refractivity contribution in [1.29, 1.82) is 0 Å². The van der Waals surface area contributed by atoms with Crippen LogP contribution in [0.2, 0.25) is 0 Å². The quantitative estimate of drug-likeness (QED) is 0.308. The number of fused-ring (bicyclic) bond motifs is 2. The highest BCUT2D eigenvalue weighted by molar-refractivity contribution is 8.15. The Bertz CT molecular complexity index is 1640. The number of ether oxygens (including phenoxy) is 1. The number of aromatic nitrogens is 5. The summed E-state index contributed by atoms with van der Waals surface area (Å²) in [6.45, 7) is 3.14. The first-order chi connectivity index (χ1) is 18.6. The highest BCUT2D eigenvalue weighted by atomic mass is 32.2. The minimum atomic E-state index is -2.70. The third kappa shape index (κ3) is 4.30. The third-order valence-electron chi connectivity index (χ3n) is 6.82. The molecule has 0 spiro atoms. The number of anilines is 2. The van der Waals surface area contributed by atoms with Crippen molar-refractivity contribution in [2.75, 3.05) is 5.32 Å². The van der Waals surface area contributed by atoms with Crippen LogP contribution in [-0.4, -0.2) is 41.5 Å². The smallest absolute Gasteiger partial charge is 0.253 e. The van der Waals surface area contributed by atoms with Gasteiger partial charge in [-0.2, -0.15) is 0 Å². The Morgan fingerprint density at radius 3 is 2.82 bits per heavy atom. The van der Waals surface area contributed by atoms with Gasteiger partial charge in [-0.15, -0.1) is 10.2 Å². The van der Waals surface area contributed by atoms with Crippen molar-refractivity contribution in [3.8, 4) is 5.88 Å². The predicted octanol–water partition coefficient (Wildman–Crippen LogP) is 4.62. The number of nitrogens with one attached hydrogen (secondary N) is 1. The first-order valence-corrected chi connectivity index (χ1v) is 12.5. The van der Waals surface area contributed by atoms with Crippen molar-refractivity contribution in [2.45, 2.75) is 43.6 Å². The Balaban J connectivity index is 1.30. The number of aliphatic imine (C=N–C) groups is 1. The van der Waals surface area contributed by atoms with Gasteiger partial charge >= 0.3 is 0 Å². The standard InChI is InChI=1S/C24H20F4N8O2S/c1-10-35-36-17(38-10)9-37-16-8-31-19-14(33-16)3-4-30-20(19)32-11-5-12(18(26)13(25)6-11)23(2)15-7-24(15,21(27)28)39-22(29)34-23/h3-6,8,15,21H,7,9H2,1-2H3,(H2,29,34)(H,30,32)/t15?,23-,24+/m1/s1. The summed E-state index contributed by atoms with van der Waals surface area (Å²) in [5, 5.41) is 10.4. The molecule has 1 aliphatic carbocycles. The number of pyridine rings is 1. The summed E-state index contributed by atoms with van der Waals surface area (Å²) in [5.41, 5.74) is 5.05. The molecule has 0 saturated heterocycles. The van der Waals surface area contributed by atoms with Crippen LogP contribution in [0.3, 0.4) is 0 Å². The predicted molar refractivity (Wildman–Crippen MR) is 134 cm³/mol. The van der Waals surface area contributed by atoms with Gasteiger partial charge in [0.1, 0.15) is 5.52 Å². The molecule has 39 heavy (non-hydrogen) atoms. The van der Waals surface area contributed by atoms with Crippen molar-refractivity contribution >= 4 is 39.5 Å². The van der Waals surface area contributed by atoms with E-state index < -0.39 is 34.3 Å². The van der Waals surface area contributed by atoms with E-state index >= 15 is 4.39 Å². The summed E-state index contributed by atoms with van der Waals surface area (Å²) in [6, 6.07) is 3.87. The van der Waals surface area contributed by atoms with Gasteiger partial charge in [-0.3, -0.25) is 4.99 Å². The fraction of sp³-hybridized carbons (Fsp3) is 0.333. The zero-order valence-electron chi connectivity index (χ0n) is 20.5. The lowest BCUT2D eigenvalue weighted by molar-refractivity contribution is 0.123. The van der Waals surface area contributed by atoms with Gasteiger partial charge in [0, 0.05) is 36.4 Å². The van der Waals surface area contributed by atoms with E-state index in [-0.39, 0.29) is 47.0 Å². The molecule has 10 nitrogen and oxygen atoms in total. The fourth-order valence-electron chi connectivity index (χ4n) is 4.89. The van der Waals surface area contributed by atoms with Gasteiger partial charge < -0.3 is 20.2 Å². The van der Waals surface area contributed by atoms with Gasteiger partial charge in [0.25, 0.3) is 12.3 Å². The number of amidine groups is 1. The molecule has 1 aliphatic heterocycles. The molecule has 3 atom stereocenters. The maximum Gasteiger partial charge on any atom is 0.253 e. The summed E-state index contributed by atoms with van der Waals surface area (Å²) < 4.78 is 67.1. The Hall–Kier alpha value is -4.01. The first kappa shape index (κ1) is 25.3. The second kappa shape index (κ2) is 9.03.